The minimum absolute atomic E-state index is 0.0264. The molecule has 3 rings (SSSR count). The third-order valence-corrected chi connectivity index (χ3v) is 6.54. The van der Waals surface area contributed by atoms with E-state index in [1.165, 1.54) is 11.8 Å². The molecular weight excluding hydrogens is 292 g/mol. The van der Waals surface area contributed by atoms with Crippen LogP contribution in [0.25, 0.3) is 0 Å². The summed E-state index contributed by atoms with van der Waals surface area (Å²) in [7, 11) is -2.97. The lowest BCUT2D eigenvalue weighted by molar-refractivity contribution is 0.601. The molecule has 2 saturated heterocycles. The van der Waals surface area contributed by atoms with Crippen molar-refractivity contribution in [2.75, 3.05) is 16.4 Å². The Kier molecular flexibility index (Phi) is 2.84. The van der Waals surface area contributed by atoms with Crippen molar-refractivity contribution < 1.29 is 8.42 Å². The van der Waals surface area contributed by atoms with Crippen LogP contribution in [0.15, 0.2) is 24.3 Å². The van der Waals surface area contributed by atoms with Crippen LogP contribution in [0.1, 0.15) is 0 Å². The van der Waals surface area contributed by atoms with Crippen molar-refractivity contribution in [1.82, 2.24) is 0 Å². The van der Waals surface area contributed by atoms with Crippen molar-refractivity contribution in [2.24, 2.45) is 0 Å². The number of hydrogen-bond acceptors (Lipinski definition) is 4. The van der Waals surface area contributed by atoms with E-state index in [1.807, 2.05) is 12.1 Å². The molecule has 1 aromatic rings. The van der Waals surface area contributed by atoms with E-state index in [1.54, 1.807) is 17.0 Å². The van der Waals surface area contributed by atoms with Crippen molar-refractivity contribution >= 4 is 44.1 Å². The minimum atomic E-state index is -2.97. The van der Waals surface area contributed by atoms with Gasteiger partial charge in [0.15, 0.2) is 15.0 Å². The van der Waals surface area contributed by atoms with E-state index in [-0.39, 0.29) is 22.8 Å². The second-order valence-electron chi connectivity index (χ2n) is 4.46. The molecule has 0 bridgehead atoms. The first-order chi connectivity index (χ1) is 8.46. The number of nitrogens with zero attached hydrogens (tertiary/aromatic N) is 1. The van der Waals surface area contributed by atoms with E-state index in [4.69, 9.17) is 17.0 Å². The van der Waals surface area contributed by atoms with E-state index < -0.39 is 9.84 Å². The summed E-state index contributed by atoms with van der Waals surface area (Å²) in [5, 5.41) is 8.96. The summed E-state index contributed by atoms with van der Waals surface area (Å²) < 4.78 is 23.3. The number of nitrogens with one attached hydrogen (secondary N) is 1. The Morgan fingerprint density at radius 1 is 1.39 bits per heavy atom. The molecule has 0 radical (unpaired) electrons. The molecular formula is C11H11ClN2O2S2. The third-order valence-electron chi connectivity index (χ3n) is 3.17. The van der Waals surface area contributed by atoms with Crippen LogP contribution in [0.4, 0.5) is 5.69 Å². The van der Waals surface area contributed by atoms with E-state index in [9.17, 15) is 8.42 Å². The summed E-state index contributed by atoms with van der Waals surface area (Å²) in [6, 6.07) is 7.07. The standard InChI is InChI=1S/C11H11ClN2O2S2/c12-7-2-1-3-8(4-7)14-9-5-18(15,16)6-10(9)17-11(14)13/h1-4,9-10,13H,5-6H2/t9-,10-/m0/s1. The first kappa shape index (κ1) is 12.3. The Morgan fingerprint density at radius 3 is 2.89 bits per heavy atom. The van der Waals surface area contributed by atoms with Crippen LogP contribution in [-0.4, -0.2) is 36.4 Å². The van der Waals surface area contributed by atoms with Gasteiger partial charge in [0.25, 0.3) is 0 Å². The predicted molar refractivity (Wildman–Crippen MR) is 75.5 cm³/mol. The zero-order valence-corrected chi connectivity index (χ0v) is 11.7. The molecule has 2 heterocycles. The number of thioether (sulfide) groups is 1. The number of fused-ring (bicyclic) bond motifs is 1. The fraction of sp³-hybridized carbons (Fsp3) is 0.364. The van der Waals surface area contributed by atoms with Gasteiger partial charge in [-0.3, -0.25) is 5.41 Å². The maximum absolute atomic E-state index is 11.7. The molecule has 18 heavy (non-hydrogen) atoms. The highest BCUT2D eigenvalue weighted by Gasteiger charge is 2.48. The summed E-state index contributed by atoms with van der Waals surface area (Å²) in [5.74, 6) is 0.293. The molecule has 2 aliphatic heterocycles. The van der Waals surface area contributed by atoms with Gasteiger partial charge in [-0.1, -0.05) is 29.4 Å². The molecule has 0 amide bonds. The average molecular weight is 303 g/mol. The quantitative estimate of drug-likeness (QED) is 0.862. The number of halogens is 1. The smallest absolute Gasteiger partial charge is 0.161 e. The molecule has 0 aliphatic carbocycles. The Labute approximate surface area is 115 Å². The zero-order chi connectivity index (χ0) is 12.9. The van der Waals surface area contributed by atoms with Gasteiger partial charge in [-0.25, -0.2) is 8.42 Å². The largest absolute Gasteiger partial charge is 0.316 e. The molecule has 0 aromatic heterocycles. The van der Waals surface area contributed by atoms with Gasteiger partial charge in [0.1, 0.15) is 0 Å². The topological polar surface area (TPSA) is 61.2 Å². The number of hydrogen-bond donors (Lipinski definition) is 1. The summed E-state index contributed by atoms with van der Waals surface area (Å²) in [6.07, 6.45) is 0. The van der Waals surface area contributed by atoms with E-state index in [0.717, 1.165) is 5.69 Å². The summed E-state index contributed by atoms with van der Waals surface area (Å²) in [4.78, 5) is 1.78. The Bertz CT molecular complexity index is 617. The fourth-order valence-corrected chi connectivity index (χ4v) is 6.41. The van der Waals surface area contributed by atoms with Gasteiger partial charge in [0.2, 0.25) is 0 Å². The first-order valence-electron chi connectivity index (χ1n) is 5.47. The molecule has 96 valence electrons. The molecule has 1 aromatic carbocycles. The highest BCUT2D eigenvalue weighted by atomic mass is 35.5. The molecule has 1 N–H and O–H groups in total. The van der Waals surface area contributed by atoms with Gasteiger partial charge in [-0.05, 0) is 18.2 Å². The molecule has 2 fully saturated rings. The minimum Gasteiger partial charge on any atom is -0.316 e. The van der Waals surface area contributed by atoms with Gasteiger partial charge in [-0.2, -0.15) is 0 Å². The number of sulfone groups is 1. The van der Waals surface area contributed by atoms with Crippen LogP contribution < -0.4 is 4.90 Å². The molecule has 2 atom stereocenters. The predicted octanol–water partition coefficient (Wildman–Crippen LogP) is 1.99. The zero-order valence-electron chi connectivity index (χ0n) is 9.34. The van der Waals surface area contributed by atoms with Crippen LogP contribution in [0.3, 0.4) is 0 Å². The SMILES string of the molecule is N=C1S[C@H]2CS(=O)(=O)C[C@@H]2N1c1cccc(Cl)c1. The van der Waals surface area contributed by atoms with Crippen molar-refractivity contribution in [2.45, 2.75) is 11.3 Å². The Morgan fingerprint density at radius 2 is 2.17 bits per heavy atom. The van der Waals surface area contributed by atoms with Gasteiger partial charge in [-0.15, -0.1) is 0 Å². The number of rotatable bonds is 1. The number of anilines is 1. The second-order valence-corrected chi connectivity index (χ2v) is 8.27. The van der Waals surface area contributed by atoms with E-state index in [0.29, 0.717) is 10.2 Å². The average Bonchev–Trinajstić information content (AvgIpc) is 2.68. The lowest BCUT2D eigenvalue weighted by atomic mass is 10.2. The number of benzene rings is 1. The summed E-state index contributed by atoms with van der Waals surface area (Å²) >= 11 is 7.28. The van der Waals surface area contributed by atoms with Crippen molar-refractivity contribution in [1.29, 1.82) is 5.41 Å². The molecule has 7 heteroatoms. The highest BCUT2D eigenvalue weighted by Crippen LogP contribution is 2.40. The fourth-order valence-electron chi connectivity index (χ4n) is 2.44. The Balaban J connectivity index is 1.99. The van der Waals surface area contributed by atoms with Crippen LogP contribution in [0.2, 0.25) is 5.02 Å². The maximum atomic E-state index is 11.7. The van der Waals surface area contributed by atoms with E-state index >= 15 is 0 Å². The van der Waals surface area contributed by atoms with Crippen LogP contribution in [-0.2, 0) is 9.84 Å². The highest BCUT2D eigenvalue weighted by molar-refractivity contribution is 8.15. The molecule has 0 unspecified atom stereocenters. The lowest BCUT2D eigenvalue weighted by Gasteiger charge is -2.23. The first-order valence-corrected chi connectivity index (χ1v) is 8.55. The van der Waals surface area contributed by atoms with Gasteiger partial charge >= 0.3 is 0 Å². The van der Waals surface area contributed by atoms with Crippen molar-refractivity contribution in [3.8, 4) is 0 Å². The molecule has 0 spiro atoms. The van der Waals surface area contributed by atoms with Crippen molar-refractivity contribution in [3.63, 3.8) is 0 Å². The van der Waals surface area contributed by atoms with Gasteiger partial charge in [0.05, 0.1) is 17.5 Å². The maximum Gasteiger partial charge on any atom is 0.161 e. The van der Waals surface area contributed by atoms with Crippen LogP contribution >= 0.6 is 23.4 Å². The van der Waals surface area contributed by atoms with Crippen LogP contribution in [0.5, 0.6) is 0 Å². The number of amidine groups is 1. The monoisotopic (exact) mass is 302 g/mol. The normalized spacial score (nSPS) is 29.6. The second kappa shape index (κ2) is 4.15. The van der Waals surface area contributed by atoms with Gasteiger partial charge in [0, 0.05) is 16.0 Å². The molecule has 0 saturated carbocycles. The van der Waals surface area contributed by atoms with E-state index in [2.05, 4.69) is 0 Å². The molecule has 2 aliphatic rings. The lowest BCUT2D eigenvalue weighted by Crippen LogP contribution is -2.37. The summed E-state index contributed by atoms with van der Waals surface area (Å²) in [5.41, 5.74) is 0.796. The van der Waals surface area contributed by atoms with Gasteiger partial charge < -0.3 is 4.90 Å². The van der Waals surface area contributed by atoms with Crippen molar-refractivity contribution in [3.05, 3.63) is 29.3 Å². The van der Waals surface area contributed by atoms with Crippen LogP contribution in [0, 0.1) is 5.41 Å². The third kappa shape index (κ3) is 2.02. The Hall–Kier alpha value is -0.720. The summed E-state index contributed by atoms with van der Waals surface area (Å²) in [6.45, 7) is 0. The molecule has 4 nitrogen and oxygen atoms in total.